The highest BCUT2D eigenvalue weighted by Gasteiger charge is 2.16. The maximum absolute atomic E-state index is 10.5. The van der Waals surface area contributed by atoms with E-state index < -0.39 is 6.09 Å². The summed E-state index contributed by atoms with van der Waals surface area (Å²) in [5, 5.41) is 9.40. The molecule has 1 atom stereocenters. The van der Waals surface area contributed by atoms with Crippen molar-refractivity contribution >= 4 is 6.09 Å². The standard InChI is InChI=1S/C9H12N2O2/c1-7(11(10)9(12)13)8-5-3-2-4-6-8/h2-7H,10H2,1H3,(H,12,13). The first kappa shape index (κ1) is 9.54. The SMILES string of the molecule is CC(c1ccccc1)N(N)C(=O)O. The molecule has 0 spiro atoms. The number of nitrogens with zero attached hydrogens (tertiary/aromatic N) is 1. The number of hydrazine groups is 1. The van der Waals surface area contributed by atoms with Gasteiger partial charge in [0.15, 0.2) is 0 Å². The van der Waals surface area contributed by atoms with Gasteiger partial charge in [-0.1, -0.05) is 30.3 Å². The highest BCUT2D eigenvalue weighted by Crippen LogP contribution is 2.16. The van der Waals surface area contributed by atoms with Gasteiger partial charge in [0.1, 0.15) is 0 Å². The van der Waals surface area contributed by atoms with E-state index in [1.165, 1.54) is 0 Å². The molecule has 1 rings (SSSR count). The predicted molar refractivity (Wildman–Crippen MR) is 48.9 cm³/mol. The van der Waals surface area contributed by atoms with E-state index in [4.69, 9.17) is 10.9 Å². The number of hydrogen-bond acceptors (Lipinski definition) is 2. The lowest BCUT2D eigenvalue weighted by atomic mass is 10.1. The molecule has 0 saturated carbocycles. The van der Waals surface area contributed by atoms with Gasteiger partial charge in [-0.2, -0.15) is 0 Å². The minimum absolute atomic E-state index is 0.321. The molecule has 0 aliphatic heterocycles. The first-order chi connectivity index (χ1) is 6.13. The molecule has 1 aromatic rings. The van der Waals surface area contributed by atoms with Crippen LogP contribution >= 0.6 is 0 Å². The maximum Gasteiger partial charge on any atom is 0.422 e. The van der Waals surface area contributed by atoms with Crippen LogP contribution in [0.3, 0.4) is 0 Å². The van der Waals surface area contributed by atoms with E-state index >= 15 is 0 Å². The third-order valence-electron chi connectivity index (χ3n) is 1.92. The molecule has 0 bridgehead atoms. The third-order valence-corrected chi connectivity index (χ3v) is 1.92. The summed E-state index contributed by atoms with van der Waals surface area (Å²) in [7, 11) is 0. The number of carboxylic acid groups (broad SMARTS) is 1. The second-order valence-electron chi connectivity index (χ2n) is 2.78. The van der Waals surface area contributed by atoms with Gasteiger partial charge in [0.2, 0.25) is 0 Å². The van der Waals surface area contributed by atoms with Crippen LogP contribution in [-0.4, -0.2) is 16.2 Å². The van der Waals surface area contributed by atoms with Crippen molar-refractivity contribution in [2.45, 2.75) is 13.0 Å². The Morgan fingerprint density at radius 3 is 2.46 bits per heavy atom. The molecule has 0 aromatic heterocycles. The molecule has 13 heavy (non-hydrogen) atoms. The summed E-state index contributed by atoms with van der Waals surface area (Å²) in [5.41, 5.74) is 0.882. The second-order valence-corrected chi connectivity index (χ2v) is 2.78. The Kier molecular flexibility index (Phi) is 2.87. The van der Waals surface area contributed by atoms with Gasteiger partial charge in [0, 0.05) is 0 Å². The lowest BCUT2D eigenvalue weighted by Crippen LogP contribution is -2.38. The number of benzene rings is 1. The Morgan fingerprint density at radius 2 is 2.00 bits per heavy atom. The van der Waals surface area contributed by atoms with E-state index in [1.54, 1.807) is 6.92 Å². The quantitative estimate of drug-likeness (QED) is 0.412. The lowest BCUT2D eigenvalue weighted by molar-refractivity contribution is 0.129. The molecular weight excluding hydrogens is 168 g/mol. The van der Waals surface area contributed by atoms with E-state index in [-0.39, 0.29) is 6.04 Å². The number of amides is 1. The summed E-state index contributed by atoms with van der Waals surface area (Å²) in [5.74, 6) is 5.33. The minimum atomic E-state index is -1.13. The number of rotatable bonds is 2. The fourth-order valence-electron chi connectivity index (χ4n) is 1.06. The van der Waals surface area contributed by atoms with Crippen LogP contribution in [0.5, 0.6) is 0 Å². The predicted octanol–water partition coefficient (Wildman–Crippen LogP) is 1.60. The summed E-state index contributed by atoms with van der Waals surface area (Å²) in [6.07, 6.45) is -1.13. The van der Waals surface area contributed by atoms with Crippen molar-refractivity contribution in [2.24, 2.45) is 5.84 Å². The van der Waals surface area contributed by atoms with Gasteiger partial charge < -0.3 is 5.11 Å². The van der Waals surface area contributed by atoms with Crippen LogP contribution in [0.15, 0.2) is 30.3 Å². The largest absolute Gasteiger partial charge is 0.464 e. The molecule has 0 aliphatic carbocycles. The zero-order valence-corrected chi connectivity index (χ0v) is 7.34. The molecule has 1 unspecified atom stereocenters. The zero-order valence-electron chi connectivity index (χ0n) is 7.34. The molecule has 0 radical (unpaired) electrons. The van der Waals surface area contributed by atoms with E-state index in [0.29, 0.717) is 0 Å². The third kappa shape index (κ3) is 2.19. The molecule has 1 amide bonds. The molecule has 0 aliphatic rings. The molecule has 70 valence electrons. The Balaban J connectivity index is 2.79. The van der Waals surface area contributed by atoms with Crippen LogP contribution in [0.2, 0.25) is 0 Å². The monoisotopic (exact) mass is 180 g/mol. The van der Waals surface area contributed by atoms with Gasteiger partial charge in [-0.15, -0.1) is 0 Å². The van der Waals surface area contributed by atoms with Crippen LogP contribution in [0.1, 0.15) is 18.5 Å². The molecular formula is C9H12N2O2. The van der Waals surface area contributed by atoms with Gasteiger partial charge >= 0.3 is 6.09 Å². The fourth-order valence-corrected chi connectivity index (χ4v) is 1.06. The topological polar surface area (TPSA) is 66.6 Å². The highest BCUT2D eigenvalue weighted by atomic mass is 16.4. The van der Waals surface area contributed by atoms with E-state index in [2.05, 4.69) is 0 Å². The molecule has 3 N–H and O–H groups in total. The van der Waals surface area contributed by atoms with Crippen molar-refractivity contribution in [1.82, 2.24) is 5.01 Å². The van der Waals surface area contributed by atoms with Gasteiger partial charge in [0.25, 0.3) is 0 Å². The minimum Gasteiger partial charge on any atom is -0.464 e. The molecule has 4 nitrogen and oxygen atoms in total. The van der Waals surface area contributed by atoms with Crippen molar-refractivity contribution in [2.75, 3.05) is 0 Å². The Morgan fingerprint density at radius 1 is 1.46 bits per heavy atom. The van der Waals surface area contributed by atoms with E-state index in [1.807, 2.05) is 30.3 Å². The molecule has 0 saturated heterocycles. The summed E-state index contributed by atoms with van der Waals surface area (Å²) in [4.78, 5) is 10.5. The highest BCUT2D eigenvalue weighted by molar-refractivity contribution is 5.64. The van der Waals surface area contributed by atoms with Gasteiger partial charge in [-0.3, -0.25) is 0 Å². The van der Waals surface area contributed by atoms with Crippen LogP contribution in [0.4, 0.5) is 4.79 Å². The molecule has 4 heteroatoms. The van der Waals surface area contributed by atoms with Crippen molar-refractivity contribution in [3.05, 3.63) is 35.9 Å². The van der Waals surface area contributed by atoms with Crippen molar-refractivity contribution in [1.29, 1.82) is 0 Å². The Bertz CT molecular complexity index is 287. The summed E-state index contributed by atoms with van der Waals surface area (Å²) in [6.45, 7) is 1.74. The zero-order chi connectivity index (χ0) is 9.84. The average Bonchev–Trinajstić information content (AvgIpc) is 2.17. The van der Waals surface area contributed by atoms with Crippen molar-refractivity contribution in [3.63, 3.8) is 0 Å². The van der Waals surface area contributed by atoms with Crippen LogP contribution in [-0.2, 0) is 0 Å². The molecule has 0 heterocycles. The second kappa shape index (κ2) is 3.91. The molecule has 0 fully saturated rings. The normalized spacial score (nSPS) is 12.2. The first-order valence-electron chi connectivity index (χ1n) is 3.94. The lowest BCUT2D eigenvalue weighted by Gasteiger charge is -2.21. The summed E-state index contributed by atoms with van der Waals surface area (Å²) < 4.78 is 0. The summed E-state index contributed by atoms with van der Waals surface area (Å²) in [6, 6.07) is 8.93. The summed E-state index contributed by atoms with van der Waals surface area (Å²) >= 11 is 0. The number of hydrogen-bond donors (Lipinski definition) is 2. The van der Waals surface area contributed by atoms with Crippen LogP contribution < -0.4 is 5.84 Å². The van der Waals surface area contributed by atoms with Crippen molar-refractivity contribution in [3.8, 4) is 0 Å². The Labute approximate surface area is 76.6 Å². The number of nitrogens with two attached hydrogens (primary N) is 1. The fraction of sp³-hybridized carbons (Fsp3) is 0.222. The van der Waals surface area contributed by atoms with E-state index in [9.17, 15) is 4.79 Å². The van der Waals surface area contributed by atoms with Crippen molar-refractivity contribution < 1.29 is 9.90 Å². The molecule has 1 aromatic carbocycles. The van der Waals surface area contributed by atoms with Gasteiger partial charge in [-0.05, 0) is 12.5 Å². The van der Waals surface area contributed by atoms with Gasteiger partial charge in [-0.25, -0.2) is 15.6 Å². The smallest absolute Gasteiger partial charge is 0.422 e. The maximum atomic E-state index is 10.5. The van der Waals surface area contributed by atoms with Crippen LogP contribution in [0.25, 0.3) is 0 Å². The van der Waals surface area contributed by atoms with E-state index in [0.717, 1.165) is 10.6 Å². The Hall–Kier alpha value is -1.55. The number of carbonyl (C=O) groups is 1. The van der Waals surface area contributed by atoms with Crippen LogP contribution in [0, 0.1) is 0 Å². The average molecular weight is 180 g/mol. The van der Waals surface area contributed by atoms with Gasteiger partial charge in [0.05, 0.1) is 6.04 Å². The first-order valence-corrected chi connectivity index (χ1v) is 3.94.